The van der Waals surface area contributed by atoms with Crippen LogP contribution in [-0.4, -0.2) is 52.2 Å². The van der Waals surface area contributed by atoms with Gasteiger partial charge in [-0.1, -0.05) is 0 Å². The van der Waals surface area contributed by atoms with Crippen LogP contribution in [0.25, 0.3) is 0 Å². The zero-order chi connectivity index (χ0) is 19.6. The van der Waals surface area contributed by atoms with Gasteiger partial charge in [0.1, 0.15) is 18.2 Å². The van der Waals surface area contributed by atoms with E-state index in [1.807, 2.05) is 12.4 Å². The largest absolute Gasteiger partial charge is 0.363 e. The number of ether oxygens (including phenoxy) is 1. The van der Waals surface area contributed by atoms with Crippen molar-refractivity contribution in [2.75, 3.05) is 31.1 Å². The highest BCUT2D eigenvalue weighted by molar-refractivity contribution is 5.95. The number of carbonyl (C=O) groups excluding carboxylic acids is 1. The number of morpholine rings is 1. The van der Waals surface area contributed by atoms with E-state index in [-0.39, 0.29) is 23.9 Å². The van der Waals surface area contributed by atoms with E-state index < -0.39 is 0 Å². The fourth-order valence-electron chi connectivity index (χ4n) is 4.23. The van der Waals surface area contributed by atoms with Crippen molar-refractivity contribution in [1.82, 2.24) is 14.5 Å². The first-order valence-corrected chi connectivity index (χ1v) is 10.0. The Hall–Kier alpha value is -2.25. The SMILES string of the molecule is CCn1ccnc1CN1CCCC2(CC1)CN(c1ccc(F)cc1)C(=O)CO2. The number of likely N-dealkylation sites (tertiary alicyclic amines) is 1. The average Bonchev–Trinajstić information content (AvgIpc) is 3.06. The standard InChI is InChI=1S/C21H27FN4O2/c1-2-25-13-10-23-19(25)14-24-11-3-8-21(9-12-24)16-26(20(27)15-28-21)18-6-4-17(22)5-7-18/h4-7,10,13H,2-3,8-9,11-12,14-16H2,1H3. The number of amides is 1. The van der Waals surface area contributed by atoms with E-state index in [0.29, 0.717) is 6.54 Å². The van der Waals surface area contributed by atoms with E-state index in [0.717, 1.165) is 57.0 Å². The van der Waals surface area contributed by atoms with Crippen LogP contribution in [0.2, 0.25) is 0 Å². The van der Waals surface area contributed by atoms with Crippen molar-refractivity contribution >= 4 is 11.6 Å². The van der Waals surface area contributed by atoms with Gasteiger partial charge in [-0.05, 0) is 57.0 Å². The first-order chi connectivity index (χ1) is 13.6. The summed E-state index contributed by atoms with van der Waals surface area (Å²) in [6.45, 7) is 6.38. The number of hydrogen-bond donors (Lipinski definition) is 0. The summed E-state index contributed by atoms with van der Waals surface area (Å²) in [7, 11) is 0. The van der Waals surface area contributed by atoms with Gasteiger partial charge in [-0.25, -0.2) is 9.37 Å². The lowest BCUT2D eigenvalue weighted by Gasteiger charge is -2.42. The van der Waals surface area contributed by atoms with Gasteiger partial charge in [0.2, 0.25) is 0 Å². The maximum absolute atomic E-state index is 13.3. The Bertz CT molecular complexity index is 822. The molecule has 1 unspecified atom stereocenters. The minimum atomic E-state index is -0.336. The molecule has 0 radical (unpaired) electrons. The van der Waals surface area contributed by atoms with E-state index in [2.05, 4.69) is 21.4 Å². The van der Waals surface area contributed by atoms with Gasteiger partial charge in [0, 0.05) is 31.2 Å². The first-order valence-electron chi connectivity index (χ1n) is 10.0. The highest BCUT2D eigenvalue weighted by Gasteiger charge is 2.41. The summed E-state index contributed by atoms with van der Waals surface area (Å²) >= 11 is 0. The number of carbonyl (C=O) groups is 1. The number of imidazole rings is 1. The third kappa shape index (κ3) is 3.95. The quantitative estimate of drug-likeness (QED) is 0.811. The van der Waals surface area contributed by atoms with Gasteiger partial charge in [0.05, 0.1) is 18.7 Å². The van der Waals surface area contributed by atoms with Gasteiger partial charge in [-0.2, -0.15) is 0 Å². The van der Waals surface area contributed by atoms with Crippen LogP contribution >= 0.6 is 0 Å². The van der Waals surface area contributed by atoms with Crippen molar-refractivity contribution in [3.63, 3.8) is 0 Å². The zero-order valence-corrected chi connectivity index (χ0v) is 16.3. The number of halogens is 1. The van der Waals surface area contributed by atoms with Crippen molar-refractivity contribution in [2.24, 2.45) is 0 Å². The average molecular weight is 386 g/mol. The molecule has 4 rings (SSSR count). The molecule has 1 amide bonds. The summed E-state index contributed by atoms with van der Waals surface area (Å²) < 4.78 is 21.5. The zero-order valence-electron chi connectivity index (χ0n) is 16.3. The van der Waals surface area contributed by atoms with Crippen molar-refractivity contribution in [2.45, 2.75) is 44.9 Å². The second-order valence-electron chi connectivity index (χ2n) is 7.69. The summed E-state index contributed by atoms with van der Waals surface area (Å²) in [6.07, 6.45) is 6.67. The molecule has 1 aromatic heterocycles. The highest BCUT2D eigenvalue weighted by Crippen LogP contribution is 2.33. The van der Waals surface area contributed by atoms with Gasteiger partial charge in [0.25, 0.3) is 5.91 Å². The van der Waals surface area contributed by atoms with Gasteiger partial charge in [0.15, 0.2) is 0 Å². The number of rotatable bonds is 4. The summed E-state index contributed by atoms with van der Waals surface area (Å²) in [4.78, 5) is 21.1. The van der Waals surface area contributed by atoms with Crippen LogP contribution < -0.4 is 4.90 Å². The topological polar surface area (TPSA) is 50.6 Å². The van der Waals surface area contributed by atoms with Crippen molar-refractivity contribution in [3.05, 3.63) is 48.3 Å². The van der Waals surface area contributed by atoms with Crippen LogP contribution in [0, 0.1) is 5.82 Å². The molecule has 1 atom stereocenters. The van der Waals surface area contributed by atoms with E-state index in [1.165, 1.54) is 12.1 Å². The molecule has 0 bridgehead atoms. The molecule has 1 spiro atoms. The highest BCUT2D eigenvalue weighted by atomic mass is 19.1. The molecular formula is C21H27FN4O2. The van der Waals surface area contributed by atoms with Crippen LogP contribution in [0.3, 0.4) is 0 Å². The lowest BCUT2D eigenvalue weighted by molar-refractivity contribution is -0.140. The van der Waals surface area contributed by atoms with Crippen LogP contribution in [-0.2, 0) is 22.6 Å². The molecule has 0 aliphatic carbocycles. The molecule has 2 aromatic rings. The Kier molecular flexibility index (Phi) is 5.46. The van der Waals surface area contributed by atoms with Crippen LogP contribution in [0.4, 0.5) is 10.1 Å². The van der Waals surface area contributed by atoms with Crippen LogP contribution in [0.5, 0.6) is 0 Å². The second-order valence-corrected chi connectivity index (χ2v) is 7.69. The first kappa shape index (κ1) is 19.1. The number of aromatic nitrogens is 2. The van der Waals surface area contributed by atoms with Crippen molar-refractivity contribution in [3.8, 4) is 0 Å². The Morgan fingerprint density at radius 1 is 1.21 bits per heavy atom. The number of aryl methyl sites for hydroxylation is 1. The molecule has 0 saturated carbocycles. The molecule has 2 fully saturated rings. The van der Waals surface area contributed by atoms with Gasteiger partial charge < -0.3 is 14.2 Å². The van der Waals surface area contributed by atoms with Gasteiger partial charge >= 0.3 is 0 Å². The maximum Gasteiger partial charge on any atom is 0.253 e. The lowest BCUT2D eigenvalue weighted by atomic mass is 9.92. The van der Waals surface area contributed by atoms with Crippen LogP contribution in [0.1, 0.15) is 32.0 Å². The molecular weight excluding hydrogens is 359 g/mol. The Labute approximate surface area is 164 Å². The van der Waals surface area contributed by atoms with Gasteiger partial charge in [-0.3, -0.25) is 9.69 Å². The minimum Gasteiger partial charge on any atom is -0.363 e. The van der Waals surface area contributed by atoms with Gasteiger partial charge in [-0.15, -0.1) is 0 Å². The predicted molar refractivity (Wildman–Crippen MR) is 104 cm³/mol. The van der Waals surface area contributed by atoms with Crippen molar-refractivity contribution in [1.29, 1.82) is 0 Å². The Morgan fingerprint density at radius 2 is 2.04 bits per heavy atom. The summed E-state index contributed by atoms with van der Waals surface area (Å²) in [5.41, 5.74) is 0.400. The molecule has 2 saturated heterocycles. The van der Waals surface area contributed by atoms with Crippen molar-refractivity contribution < 1.29 is 13.9 Å². The van der Waals surface area contributed by atoms with E-state index in [9.17, 15) is 9.18 Å². The molecule has 7 heteroatoms. The number of nitrogens with zero attached hydrogens (tertiary/aromatic N) is 4. The molecule has 1 aromatic carbocycles. The third-order valence-electron chi connectivity index (χ3n) is 5.89. The maximum atomic E-state index is 13.3. The molecule has 2 aliphatic rings. The fraction of sp³-hybridized carbons (Fsp3) is 0.524. The summed E-state index contributed by atoms with van der Waals surface area (Å²) in [6, 6.07) is 6.13. The molecule has 3 heterocycles. The summed E-state index contributed by atoms with van der Waals surface area (Å²) in [5, 5.41) is 0. The number of benzene rings is 1. The molecule has 0 N–H and O–H groups in total. The molecule has 6 nitrogen and oxygen atoms in total. The minimum absolute atomic E-state index is 0.0664. The van der Waals surface area contributed by atoms with E-state index in [4.69, 9.17) is 4.74 Å². The van der Waals surface area contributed by atoms with E-state index >= 15 is 0 Å². The molecule has 2 aliphatic heterocycles. The predicted octanol–water partition coefficient (Wildman–Crippen LogP) is 2.83. The number of hydrogen-bond acceptors (Lipinski definition) is 4. The fourth-order valence-corrected chi connectivity index (χ4v) is 4.23. The second kappa shape index (κ2) is 8.01. The van der Waals surface area contributed by atoms with Crippen LogP contribution in [0.15, 0.2) is 36.7 Å². The monoisotopic (exact) mass is 386 g/mol. The lowest BCUT2D eigenvalue weighted by Crippen LogP contribution is -2.55. The Morgan fingerprint density at radius 3 is 2.82 bits per heavy atom. The van der Waals surface area contributed by atoms with E-state index in [1.54, 1.807) is 17.0 Å². The smallest absolute Gasteiger partial charge is 0.253 e. The molecule has 150 valence electrons. The normalized spacial score (nSPS) is 23.9. The summed E-state index contributed by atoms with van der Waals surface area (Å²) in [5.74, 6) is 0.726. The number of anilines is 1. The third-order valence-corrected chi connectivity index (χ3v) is 5.89. The Balaban J connectivity index is 1.44. The molecule has 28 heavy (non-hydrogen) atoms.